The summed E-state index contributed by atoms with van der Waals surface area (Å²) in [7, 11) is 0. The van der Waals surface area contributed by atoms with Crippen LogP contribution in [0, 0.1) is 18.7 Å². The highest BCUT2D eigenvalue weighted by molar-refractivity contribution is 7.98. The number of carbonyl (C=O) groups is 1. The molecule has 1 atom stereocenters. The van der Waals surface area contributed by atoms with Crippen LogP contribution in [0.15, 0.2) is 52.9 Å². The molecule has 0 unspecified atom stereocenters. The summed E-state index contributed by atoms with van der Waals surface area (Å²) in [5, 5.41) is 0.277. The predicted molar refractivity (Wildman–Crippen MR) is 160 cm³/mol. The zero-order chi connectivity index (χ0) is 30.3. The van der Waals surface area contributed by atoms with Gasteiger partial charge in [0, 0.05) is 43.0 Å². The molecule has 0 radical (unpaired) electrons. The van der Waals surface area contributed by atoms with Gasteiger partial charge in [0.15, 0.2) is 11.5 Å². The Balaban J connectivity index is 1.84. The van der Waals surface area contributed by atoms with Crippen molar-refractivity contribution in [1.29, 1.82) is 0 Å². The van der Waals surface area contributed by atoms with Crippen LogP contribution in [0.25, 0.3) is 28.0 Å². The van der Waals surface area contributed by atoms with Gasteiger partial charge < -0.3 is 9.80 Å². The van der Waals surface area contributed by atoms with E-state index in [4.69, 9.17) is 0 Å². The van der Waals surface area contributed by atoms with Crippen LogP contribution in [0.2, 0.25) is 0 Å². The average molecular weight is 592 g/mol. The molecule has 4 aromatic heterocycles. The SMILES string of the molecule is C=CC(=O)N1CCN(c2nc(=O)n(-c3c(C)ccnc3C(C)C)c3nc(-c4c(SC)ccnc4F)c(F)cc23)[C@@H](C)C1. The van der Waals surface area contributed by atoms with Gasteiger partial charge in [-0.1, -0.05) is 20.4 Å². The highest BCUT2D eigenvalue weighted by Crippen LogP contribution is 2.36. The Kier molecular flexibility index (Phi) is 8.09. The van der Waals surface area contributed by atoms with E-state index in [1.807, 2.05) is 32.6 Å². The average Bonchev–Trinajstić information content (AvgIpc) is 2.96. The van der Waals surface area contributed by atoms with Gasteiger partial charge in [-0.2, -0.15) is 9.37 Å². The van der Waals surface area contributed by atoms with E-state index in [1.54, 1.807) is 29.5 Å². The molecule has 42 heavy (non-hydrogen) atoms. The second-order valence-corrected chi connectivity index (χ2v) is 11.3. The summed E-state index contributed by atoms with van der Waals surface area (Å²) in [5.41, 5.74) is 1.03. The number of hydrogen-bond acceptors (Lipinski definition) is 8. The molecular formula is C30H31F2N7O2S. The molecule has 218 valence electrons. The van der Waals surface area contributed by atoms with E-state index in [0.29, 0.717) is 35.9 Å². The molecule has 9 nitrogen and oxygen atoms in total. The summed E-state index contributed by atoms with van der Waals surface area (Å²) in [5.74, 6) is -1.66. The molecule has 0 saturated carbocycles. The van der Waals surface area contributed by atoms with E-state index in [-0.39, 0.29) is 46.0 Å². The van der Waals surface area contributed by atoms with Gasteiger partial charge in [-0.15, -0.1) is 11.8 Å². The molecule has 1 aliphatic heterocycles. The summed E-state index contributed by atoms with van der Waals surface area (Å²) >= 11 is 1.24. The van der Waals surface area contributed by atoms with Gasteiger partial charge in [0.1, 0.15) is 11.5 Å². The maximum Gasteiger partial charge on any atom is 0.355 e. The van der Waals surface area contributed by atoms with Crippen LogP contribution >= 0.6 is 11.8 Å². The standard InChI is InChI=1S/C30H31F2N7O2S/c1-7-22(40)37-12-13-38(18(5)15-37)28-19-14-20(31)25(23-21(42-6)9-11-34-27(23)32)35-29(19)39(30(41)36-28)26-17(4)8-10-33-24(26)16(2)3/h7-11,14,16,18H,1,12-13,15H2,2-6H3/t18-/m0/s1. The number of thioether (sulfide) groups is 1. The number of aryl methyl sites for hydroxylation is 1. The lowest BCUT2D eigenvalue weighted by atomic mass is 10.0. The Bertz CT molecular complexity index is 1780. The van der Waals surface area contributed by atoms with Gasteiger partial charge in [-0.3, -0.25) is 9.78 Å². The van der Waals surface area contributed by atoms with E-state index < -0.39 is 17.5 Å². The van der Waals surface area contributed by atoms with Crippen molar-refractivity contribution in [2.24, 2.45) is 0 Å². The number of pyridine rings is 3. The van der Waals surface area contributed by atoms with E-state index in [0.717, 1.165) is 5.56 Å². The minimum atomic E-state index is -0.868. The molecule has 0 N–H and O–H groups in total. The number of rotatable bonds is 6. The third-order valence-electron chi connectivity index (χ3n) is 7.44. The third-order valence-corrected chi connectivity index (χ3v) is 8.22. The molecule has 1 aliphatic rings. The van der Waals surface area contributed by atoms with Crippen LogP contribution in [0.4, 0.5) is 14.6 Å². The molecule has 0 spiro atoms. The largest absolute Gasteiger partial charge is 0.355 e. The van der Waals surface area contributed by atoms with Gasteiger partial charge in [0.2, 0.25) is 11.9 Å². The summed E-state index contributed by atoms with van der Waals surface area (Å²) < 4.78 is 32.5. The summed E-state index contributed by atoms with van der Waals surface area (Å²) in [6.45, 7) is 12.3. The minimum Gasteiger partial charge on any atom is -0.350 e. The van der Waals surface area contributed by atoms with Crippen LogP contribution in [-0.4, -0.2) is 67.2 Å². The molecule has 0 aliphatic carbocycles. The van der Waals surface area contributed by atoms with E-state index in [9.17, 15) is 9.59 Å². The van der Waals surface area contributed by atoms with Crippen LogP contribution in [0.3, 0.4) is 0 Å². The molecule has 12 heteroatoms. The van der Waals surface area contributed by atoms with Crippen LogP contribution in [0.1, 0.15) is 37.9 Å². The number of carbonyl (C=O) groups excluding carboxylic acids is 1. The molecule has 1 saturated heterocycles. The van der Waals surface area contributed by atoms with E-state index in [2.05, 4.69) is 26.5 Å². The minimum absolute atomic E-state index is 0.0594. The normalized spacial score (nSPS) is 15.5. The molecule has 1 fully saturated rings. The smallest absolute Gasteiger partial charge is 0.350 e. The quantitative estimate of drug-likeness (QED) is 0.178. The number of fused-ring (bicyclic) bond motifs is 1. The van der Waals surface area contributed by atoms with Crippen molar-refractivity contribution in [2.75, 3.05) is 30.8 Å². The fourth-order valence-electron chi connectivity index (χ4n) is 5.39. The maximum atomic E-state index is 16.0. The highest BCUT2D eigenvalue weighted by Gasteiger charge is 2.31. The van der Waals surface area contributed by atoms with Gasteiger partial charge in [0.25, 0.3) is 0 Å². The van der Waals surface area contributed by atoms with Gasteiger partial charge in [-0.05, 0) is 55.9 Å². The Morgan fingerprint density at radius 1 is 1.17 bits per heavy atom. The van der Waals surface area contributed by atoms with Crippen molar-refractivity contribution in [2.45, 2.75) is 44.6 Å². The molecule has 4 aromatic rings. The Labute approximate surface area is 246 Å². The van der Waals surface area contributed by atoms with Crippen molar-refractivity contribution >= 4 is 34.5 Å². The first-order valence-corrected chi connectivity index (χ1v) is 14.8. The molecule has 1 amide bonds. The molecule has 0 bridgehead atoms. The Hall–Kier alpha value is -4.19. The summed E-state index contributed by atoms with van der Waals surface area (Å²) in [4.78, 5) is 47.6. The second kappa shape index (κ2) is 11.6. The van der Waals surface area contributed by atoms with E-state index in [1.165, 1.54) is 34.7 Å². The highest BCUT2D eigenvalue weighted by atomic mass is 32.2. The molecule has 5 rings (SSSR count). The zero-order valence-corrected chi connectivity index (χ0v) is 24.9. The second-order valence-electron chi connectivity index (χ2n) is 10.5. The third kappa shape index (κ3) is 5.04. The van der Waals surface area contributed by atoms with Crippen molar-refractivity contribution in [3.05, 3.63) is 76.8 Å². The number of piperazine rings is 1. The summed E-state index contributed by atoms with van der Waals surface area (Å²) in [6.07, 6.45) is 6.00. The van der Waals surface area contributed by atoms with Crippen LogP contribution in [-0.2, 0) is 4.79 Å². The lowest BCUT2D eigenvalue weighted by molar-refractivity contribution is -0.126. The first kappa shape index (κ1) is 29.3. The number of hydrogen-bond donors (Lipinski definition) is 0. The van der Waals surface area contributed by atoms with Gasteiger partial charge in [-0.25, -0.2) is 23.7 Å². The van der Waals surface area contributed by atoms with Crippen molar-refractivity contribution in [3.8, 4) is 16.9 Å². The summed E-state index contributed by atoms with van der Waals surface area (Å²) in [6, 6.07) is 4.37. The maximum absolute atomic E-state index is 16.0. The van der Waals surface area contributed by atoms with Crippen molar-refractivity contribution in [1.82, 2.24) is 29.4 Å². The zero-order valence-electron chi connectivity index (χ0n) is 24.1. The van der Waals surface area contributed by atoms with Crippen LogP contribution in [0.5, 0.6) is 0 Å². The fourth-order valence-corrected chi connectivity index (χ4v) is 5.97. The number of anilines is 1. The molecule has 0 aromatic carbocycles. The lowest BCUT2D eigenvalue weighted by Gasteiger charge is -2.40. The van der Waals surface area contributed by atoms with Gasteiger partial charge in [0.05, 0.1) is 22.3 Å². The Morgan fingerprint density at radius 2 is 1.90 bits per heavy atom. The fraction of sp³-hybridized carbons (Fsp3) is 0.333. The number of amides is 1. The van der Waals surface area contributed by atoms with E-state index >= 15 is 8.78 Å². The van der Waals surface area contributed by atoms with Crippen LogP contribution < -0.4 is 10.6 Å². The molecular weight excluding hydrogens is 560 g/mol. The molecule has 5 heterocycles. The first-order chi connectivity index (χ1) is 20.1. The topological polar surface area (TPSA) is 97.1 Å². The number of aromatic nitrogens is 5. The monoisotopic (exact) mass is 591 g/mol. The van der Waals surface area contributed by atoms with Crippen molar-refractivity contribution in [3.63, 3.8) is 0 Å². The van der Waals surface area contributed by atoms with Crippen molar-refractivity contribution < 1.29 is 13.6 Å². The van der Waals surface area contributed by atoms with Gasteiger partial charge >= 0.3 is 5.69 Å². The Morgan fingerprint density at radius 3 is 2.57 bits per heavy atom. The predicted octanol–water partition coefficient (Wildman–Crippen LogP) is 4.89. The number of halogens is 2. The first-order valence-electron chi connectivity index (χ1n) is 13.5. The lowest BCUT2D eigenvalue weighted by Crippen LogP contribution is -2.54. The number of nitrogens with zero attached hydrogens (tertiary/aromatic N) is 7.